The maximum Gasteiger partial charge on any atom is 0.277 e. The lowest BCUT2D eigenvalue weighted by Crippen LogP contribution is -2.41. The second-order valence-corrected chi connectivity index (χ2v) is 5.76. The Labute approximate surface area is 141 Å². The molecule has 9 nitrogen and oxygen atoms in total. The van der Waals surface area contributed by atoms with Crippen molar-refractivity contribution in [2.24, 2.45) is 4.99 Å². The lowest BCUT2D eigenvalue weighted by Gasteiger charge is -2.19. The second kappa shape index (κ2) is 9.02. The van der Waals surface area contributed by atoms with Crippen LogP contribution in [-0.2, 0) is 0 Å². The van der Waals surface area contributed by atoms with Crippen molar-refractivity contribution < 1.29 is 20.2 Å². The van der Waals surface area contributed by atoms with Gasteiger partial charge in [-0.2, -0.15) is 5.26 Å². The molecule has 1 heterocycles. The van der Waals surface area contributed by atoms with Crippen LogP contribution < -0.4 is 20.7 Å². The number of nitrogens with one attached hydrogen (secondary N) is 3. The van der Waals surface area contributed by atoms with Gasteiger partial charge in [-0.1, -0.05) is 6.92 Å². The summed E-state index contributed by atoms with van der Waals surface area (Å²) in [4.78, 5) is 4.43. The number of nitriles is 1. The Kier molecular flexibility index (Phi) is 7.38. The summed E-state index contributed by atoms with van der Waals surface area (Å²) in [6.07, 6.45) is 2.82. The van der Waals surface area contributed by atoms with E-state index in [1.807, 2.05) is 27.0 Å². The summed E-state index contributed by atoms with van der Waals surface area (Å²) in [7, 11) is 0. The van der Waals surface area contributed by atoms with E-state index in [-0.39, 0.29) is 30.3 Å². The molecule has 1 unspecified atom stereocenters. The largest absolute Gasteiger partial charge is 0.395 e. The number of aliphatic hydroxyl groups is 2. The fraction of sp³-hybridized carbons (Fsp3) is 0.533. The van der Waals surface area contributed by atoms with Crippen LogP contribution in [-0.4, -0.2) is 40.1 Å². The fourth-order valence-electron chi connectivity index (χ4n) is 1.76. The van der Waals surface area contributed by atoms with Crippen molar-refractivity contribution >= 4 is 11.6 Å². The average molecular weight is 337 g/mol. The van der Waals surface area contributed by atoms with Crippen LogP contribution in [0.5, 0.6) is 0 Å². The molecule has 0 saturated carbocycles. The summed E-state index contributed by atoms with van der Waals surface area (Å²) in [5.74, 6) is 0.260. The first-order valence-corrected chi connectivity index (χ1v) is 7.62. The van der Waals surface area contributed by atoms with Crippen molar-refractivity contribution in [1.29, 1.82) is 5.26 Å². The molecule has 0 spiro atoms. The number of aromatic nitrogens is 1. The molecule has 0 fully saturated rings. The van der Waals surface area contributed by atoms with Gasteiger partial charge in [-0.05, 0) is 26.3 Å². The van der Waals surface area contributed by atoms with Crippen molar-refractivity contribution in [2.45, 2.75) is 39.0 Å². The Hall–Kier alpha value is -2.41. The van der Waals surface area contributed by atoms with Crippen molar-refractivity contribution in [3.05, 3.63) is 24.0 Å². The molecule has 1 aromatic heterocycles. The molecule has 9 heteroatoms. The third-order valence-electron chi connectivity index (χ3n) is 3.41. The van der Waals surface area contributed by atoms with Crippen LogP contribution in [0.15, 0.2) is 23.3 Å². The smallest absolute Gasteiger partial charge is 0.277 e. The Morgan fingerprint density at radius 2 is 2.17 bits per heavy atom. The maximum absolute atomic E-state index is 9.97. The molecular weight excluding hydrogens is 312 g/mol. The highest BCUT2D eigenvalue weighted by molar-refractivity contribution is 5.94. The van der Waals surface area contributed by atoms with Gasteiger partial charge in [-0.15, -0.1) is 0 Å². The van der Waals surface area contributed by atoms with Crippen LogP contribution in [0.3, 0.4) is 0 Å². The summed E-state index contributed by atoms with van der Waals surface area (Å²) in [6, 6.07) is 3.13. The highest BCUT2D eigenvalue weighted by Gasteiger charge is 2.21. The second-order valence-electron chi connectivity index (χ2n) is 5.76. The van der Waals surface area contributed by atoms with Crippen molar-refractivity contribution in [3.8, 4) is 6.19 Å². The van der Waals surface area contributed by atoms with E-state index in [2.05, 4.69) is 20.9 Å². The lowest BCUT2D eigenvalue weighted by atomic mass is 10.0. The number of guanidine groups is 1. The third-order valence-corrected chi connectivity index (χ3v) is 3.41. The maximum atomic E-state index is 9.97. The standard InChI is InChI=1S/C15H25N6O3/c1-4-15(2,3)20-14(18-10-16)19-11-5-6-12(21(24)9-11)13(23)17-7-8-22/h5-6,9,13,17,22-24H,4,7-8H2,1-3H3,(H2,18,19,20)/q+1. The molecule has 0 aliphatic heterocycles. The third kappa shape index (κ3) is 6.00. The molecule has 0 aromatic carbocycles. The SMILES string of the molecule is CCC(C)(C)N=C(NC#N)Nc1ccc(C(O)NCCO)[n+](O)c1. The van der Waals surface area contributed by atoms with Crippen LogP contribution in [0.25, 0.3) is 0 Å². The molecule has 0 aliphatic rings. The van der Waals surface area contributed by atoms with Crippen LogP contribution in [0.4, 0.5) is 5.69 Å². The molecule has 0 saturated heterocycles. The first kappa shape index (κ1) is 19.6. The van der Waals surface area contributed by atoms with Crippen molar-refractivity contribution in [2.75, 3.05) is 18.5 Å². The van der Waals surface area contributed by atoms with Gasteiger partial charge in [0.2, 0.25) is 12.2 Å². The van der Waals surface area contributed by atoms with Crippen LogP contribution in [0.1, 0.15) is 39.1 Å². The van der Waals surface area contributed by atoms with Gasteiger partial charge in [-0.3, -0.25) is 15.8 Å². The summed E-state index contributed by atoms with van der Waals surface area (Å²) in [6.45, 7) is 5.92. The molecule has 132 valence electrons. The minimum Gasteiger partial charge on any atom is -0.395 e. The lowest BCUT2D eigenvalue weighted by molar-refractivity contribution is -0.911. The van der Waals surface area contributed by atoms with Crippen LogP contribution in [0.2, 0.25) is 0 Å². The van der Waals surface area contributed by atoms with Crippen molar-refractivity contribution in [3.63, 3.8) is 0 Å². The van der Waals surface area contributed by atoms with E-state index in [4.69, 9.17) is 10.4 Å². The molecule has 6 N–H and O–H groups in total. The predicted molar refractivity (Wildman–Crippen MR) is 88.0 cm³/mol. The predicted octanol–water partition coefficient (Wildman–Crippen LogP) is -0.189. The quantitative estimate of drug-likeness (QED) is 0.0771. The number of aliphatic hydroxyl groups excluding tert-OH is 2. The number of anilines is 1. The van der Waals surface area contributed by atoms with E-state index >= 15 is 0 Å². The Morgan fingerprint density at radius 3 is 2.71 bits per heavy atom. The number of nitrogens with zero attached hydrogens (tertiary/aromatic N) is 3. The molecule has 0 amide bonds. The number of pyridine rings is 1. The summed E-state index contributed by atoms with van der Waals surface area (Å²) in [5.41, 5.74) is 0.324. The van der Waals surface area contributed by atoms with Gasteiger partial charge >= 0.3 is 0 Å². The normalized spacial score (nSPS) is 13.2. The van der Waals surface area contributed by atoms with E-state index < -0.39 is 6.23 Å². The number of rotatable bonds is 7. The van der Waals surface area contributed by atoms with Gasteiger partial charge in [0, 0.05) is 17.3 Å². The van der Waals surface area contributed by atoms with Gasteiger partial charge < -0.3 is 15.5 Å². The highest BCUT2D eigenvalue weighted by atomic mass is 16.5. The molecule has 24 heavy (non-hydrogen) atoms. The zero-order valence-electron chi connectivity index (χ0n) is 14.1. The molecule has 0 aliphatic carbocycles. The van der Waals surface area contributed by atoms with Crippen molar-refractivity contribution in [1.82, 2.24) is 10.6 Å². The van der Waals surface area contributed by atoms with Gasteiger partial charge in [0.1, 0.15) is 5.69 Å². The molecule has 1 rings (SSSR count). The topological polar surface area (TPSA) is 137 Å². The van der Waals surface area contributed by atoms with E-state index in [1.54, 1.807) is 6.07 Å². The molecule has 0 bridgehead atoms. The molecular formula is C15H25N6O3+. The van der Waals surface area contributed by atoms with Crippen LogP contribution >= 0.6 is 0 Å². The minimum atomic E-state index is -1.12. The van der Waals surface area contributed by atoms with Gasteiger partial charge in [0.05, 0.1) is 12.1 Å². The fourth-order valence-corrected chi connectivity index (χ4v) is 1.76. The Bertz CT molecular complexity index is 612. The Balaban J connectivity index is 2.94. The van der Waals surface area contributed by atoms with E-state index in [0.29, 0.717) is 5.69 Å². The zero-order chi connectivity index (χ0) is 18.2. The monoisotopic (exact) mass is 337 g/mol. The zero-order valence-corrected chi connectivity index (χ0v) is 14.1. The number of aliphatic imine (C=N–C) groups is 1. The van der Waals surface area contributed by atoms with Gasteiger partial charge in [0.15, 0.2) is 12.4 Å². The molecule has 1 aromatic rings. The molecule has 1 atom stereocenters. The average Bonchev–Trinajstić information content (AvgIpc) is 2.52. The van der Waals surface area contributed by atoms with E-state index in [0.717, 1.165) is 11.2 Å². The van der Waals surface area contributed by atoms with Gasteiger partial charge in [0.25, 0.3) is 5.69 Å². The minimum absolute atomic E-state index is 0.130. The van der Waals surface area contributed by atoms with Crippen LogP contribution in [0, 0.1) is 11.5 Å². The first-order chi connectivity index (χ1) is 11.3. The first-order valence-electron chi connectivity index (χ1n) is 7.62. The van der Waals surface area contributed by atoms with E-state index in [1.165, 1.54) is 12.3 Å². The van der Waals surface area contributed by atoms with E-state index in [9.17, 15) is 10.3 Å². The Morgan fingerprint density at radius 1 is 1.46 bits per heavy atom. The number of hydrogen-bond acceptors (Lipinski definition) is 6. The summed E-state index contributed by atoms with van der Waals surface area (Å²) >= 11 is 0. The van der Waals surface area contributed by atoms with Gasteiger partial charge in [-0.25, -0.2) is 4.99 Å². The highest BCUT2D eigenvalue weighted by Crippen LogP contribution is 2.14. The number of hydrogen-bond donors (Lipinski definition) is 6. The summed E-state index contributed by atoms with van der Waals surface area (Å²) < 4.78 is 0.756. The molecule has 0 radical (unpaired) electrons. The summed E-state index contributed by atoms with van der Waals surface area (Å²) in [5, 5.41) is 45.4.